The minimum Gasteiger partial charge on any atom is -0.476 e. The summed E-state index contributed by atoms with van der Waals surface area (Å²) in [7, 11) is 0. The number of rotatable bonds is 4. The molecule has 0 unspecified atom stereocenters. The highest BCUT2D eigenvalue weighted by Crippen LogP contribution is 2.36. The van der Waals surface area contributed by atoms with Crippen molar-refractivity contribution in [3.8, 4) is 5.88 Å². The van der Waals surface area contributed by atoms with Crippen LogP contribution in [0.15, 0.2) is 22.9 Å². The lowest BCUT2D eigenvalue weighted by Crippen LogP contribution is -2.05. The number of halogens is 3. The van der Waals surface area contributed by atoms with E-state index in [2.05, 4.69) is 31.2 Å². The zero-order valence-corrected chi connectivity index (χ0v) is 12.8. The molecule has 0 saturated carbocycles. The Morgan fingerprint density at radius 1 is 1.45 bits per heavy atom. The molecule has 20 heavy (non-hydrogen) atoms. The molecule has 0 aliphatic heterocycles. The van der Waals surface area contributed by atoms with E-state index in [0.29, 0.717) is 22.6 Å². The molecule has 1 aromatic carbocycles. The maximum absolute atomic E-state index is 13.2. The Labute approximate surface area is 128 Å². The second-order valence-corrected chi connectivity index (χ2v) is 5.01. The molecule has 0 bridgehead atoms. The van der Waals surface area contributed by atoms with Crippen molar-refractivity contribution in [2.45, 2.75) is 6.92 Å². The van der Waals surface area contributed by atoms with Gasteiger partial charge in [-0.1, -0.05) is 11.6 Å². The van der Waals surface area contributed by atoms with Crippen molar-refractivity contribution in [3.05, 3.63) is 33.8 Å². The van der Waals surface area contributed by atoms with Crippen LogP contribution in [-0.2, 0) is 0 Å². The van der Waals surface area contributed by atoms with Gasteiger partial charge in [0.1, 0.15) is 17.8 Å². The van der Waals surface area contributed by atoms with Crippen molar-refractivity contribution in [2.75, 3.05) is 17.7 Å². The Balaban J connectivity index is 2.38. The van der Waals surface area contributed by atoms with Crippen molar-refractivity contribution in [2.24, 2.45) is 0 Å². The first-order chi connectivity index (χ1) is 9.52. The summed E-state index contributed by atoms with van der Waals surface area (Å²) < 4.78 is 18.9. The van der Waals surface area contributed by atoms with Gasteiger partial charge in [0.05, 0.1) is 17.3 Å². The van der Waals surface area contributed by atoms with E-state index >= 15 is 0 Å². The molecule has 1 aromatic heterocycles. The molecule has 1 heterocycles. The summed E-state index contributed by atoms with van der Waals surface area (Å²) >= 11 is 9.22. The second-order valence-electron chi connectivity index (χ2n) is 3.74. The average molecular weight is 362 g/mol. The number of nitrogen functional groups attached to an aromatic ring is 1. The SMILES string of the molecule is CCOc1ncnc(Nc2c(Cl)cc(F)cc2Br)c1N. The predicted molar refractivity (Wildman–Crippen MR) is 80.0 cm³/mol. The second kappa shape index (κ2) is 6.23. The van der Waals surface area contributed by atoms with Gasteiger partial charge in [0, 0.05) is 4.47 Å². The highest BCUT2D eigenvalue weighted by Gasteiger charge is 2.13. The lowest BCUT2D eigenvalue weighted by Gasteiger charge is -2.13. The van der Waals surface area contributed by atoms with Crippen LogP contribution >= 0.6 is 27.5 Å². The minimum absolute atomic E-state index is 0.202. The molecule has 0 amide bonds. The van der Waals surface area contributed by atoms with Gasteiger partial charge in [-0.2, -0.15) is 4.98 Å². The Kier molecular flexibility index (Phi) is 4.61. The molecule has 0 aliphatic carbocycles. The number of nitrogens with two attached hydrogens (primary N) is 1. The molecule has 106 valence electrons. The molecular weight excluding hydrogens is 351 g/mol. The molecule has 8 heteroatoms. The molecular formula is C12H11BrClFN4O. The maximum Gasteiger partial charge on any atom is 0.242 e. The van der Waals surface area contributed by atoms with E-state index in [4.69, 9.17) is 22.1 Å². The van der Waals surface area contributed by atoms with Gasteiger partial charge >= 0.3 is 0 Å². The number of aromatic nitrogens is 2. The van der Waals surface area contributed by atoms with E-state index in [9.17, 15) is 4.39 Å². The fraction of sp³-hybridized carbons (Fsp3) is 0.167. The lowest BCUT2D eigenvalue weighted by atomic mass is 10.3. The number of nitrogens with one attached hydrogen (secondary N) is 1. The van der Waals surface area contributed by atoms with E-state index in [1.54, 1.807) is 0 Å². The van der Waals surface area contributed by atoms with E-state index in [-0.39, 0.29) is 16.6 Å². The number of nitrogens with zero attached hydrogens (tertiary/aromatic N) is 2. The van der Waals surface area contributed by atoms with Gasteiger partial charge in [-0.05, 0) is 35.0 Å². The highest BCUT2D eigenvalue weighted by molar-refractivity contribution is 9.10. The smallest absolute Gasteiger partial charge is 0.242 e. The third-order valence-electron chi connectivity index (χ3n) is 2.38. The molecule has 0 fully saturated rings. The standard InChI is InChI=1S/C12H11BrClFN4O/c1-2-20-12-9(16)11(17-5-18-12)19-10-7(13)3-6(15)4-8(10)14/h3-5H,2,16H2,1H3,(H,17,18,19). The Hall–Kier alpha value is -1.60. The molecule has 0 radical (unpaired) electrons. The van der Waals surface area contributed by atoms with Crippen molar-refractivity contribution < 1.29 is 9.13 Å². The van der Waals surface area contributed by atoms with Gasteiger partial charge in [0.2, 0.25) is 5.88 Å². The first-order valence-corrected chi connectivity index (χ1v) is 6.84. The van der Waals surface area contributed by atoms with E-state index < -0.39 is 5.82 Å². The Morgan fingerprint density at radius 2 is 2.20 bits per heavy atom. The molecule has 0 saturated heterocycles. The normalized spacial score (nSPS) is 10.4. The van der Waals surface area contributed by atoms with Gasteiger partial charge in [0.25, 0.3) is 0 Å². The van der Waals surface area contributed by atoms with Crippen molar-refractivity contribution in [3.63, 3.8) is 0 Å². The summed E-state index contributed by atoms with van der Waals surface area (Å²) in [5, 5.41) is 3.13. The number of benzene rings is 1. The zero-order chi connectivity index (χ0) is 14.7. The summed E-state index contributed by atoms with van der Waals surface area (Å²) in [6.45, 7) is 2.25. The number of anilines is 3. The third-order valence-corrected chi connectivity index (χ3v) is 3.30. The lowest BCUT2D eigenvalue weighted by molar-refractivity contribution is 0.328. The van der Waals surface area contributed by atoms with Crippen LogP contribution < -0.4 is 15.8 Å². The highest BCUT2D eigenvalue weighted by atomic mass is 79.9. The molecule has 2 aromatic rings. The first kappa shape index (κ1) is 14.8. The average Bonchev–Trinajstić information content (AvgIpc) is 2.38. The zero-order valence-electron chi connectivity index (χ0n) is 10.5. The molecule has 0 spiro atoms. The largest absolute Gasteiger partial charge is 0.476 e. The fourth-order valence-electron chi connectivity index (χ4n) is 1.51. The van der Waals surface area contributed by atoms with Crippen LogP contribution in [0, 0.1) is 5.82 Å². The third kappa shape index (κ3) is 3.10. The summed E-state index contributed by atoms with van der Waals surface area (Å²) in [4.78, 5) is 7.95. The number of ether oxygens (including phenoxy) is 1. The van der Waals surface area contributed by atoms with Gasteiger partial charge in [-0.3, -0.25) is 0 Å². The van der Waals surface area contributed by atoms with E-state index in [1.165, 1.54) is 18.5 Å². The molecule has 0 atom stereocenters. The van der Waals surface area contributed by atoms with Gasteiger partial charge in [0.15, 0.2) is 5.82 Å². The molecule has 3 N–H and O–H groups in total. The van der Waals surface area contributed by atoms with Crippen LogP contribution in [0.2, 0.25) is 5.02 Å². The molecule has 2 rings (SSSR count). The fourth-order valence-corrected chi connectivity index (χ4v) is 2.41. The van der Waals surface area contributed by atoms with Crippen LogP contribution in [0.25, 0.3) is 0 Å². The van der Waals surface area contributed by atoms with Crippen LogP contribution in [-0.4, -0.2) is 16.6 Å². The Morgan fingerprint density at radius 3 is 2.85 bits per heavy atom. The summed E-state index contributed by atoms with van der Waals surface area (Å²) in [6, 6.07) is 2.48. The maximum atomic E-state index is 13.2. The number of hydrogen-bond donors (Lipinski definition) is 2. The molecule has 5 nitrogen and oxygen atoms in total. The van der Waals surface area contributed by atoms with Gasteiger partial charge < -0.3 is 15.8 Å². The summed E-state index contributed by atoms with van der Waals surface area (Å²) in [5.74, 6) is 0.162. The van der Waals surface area contributed by atoms with E-state index in [0.717, 1.165) is 0 Å². The predicted octanol–water partition coefficient (Wildman–Crippen LogP) is 3.76. The topological polar surface area (TPSA) is 73.1 Å². The van der Waals surface area contributed by atoms with Crippen LogP contribution in [0.5, 0.6) is 5.88 Å². The summed E-state index contributed by atoms with van der Waals surface area (Å²) in [5.41, 5.74) is 6.61. The van der Waals surface area contributed by atoms with Gasteiger partial charge in [-0.15, -0.1) is 0 Å². The quantitative estimate of drug-likeness (QED) is 0.867. The van der Waals surface area contributed by atoms with Crippen molar-refractivity contribution in [1.29, 1.82) is 0 Å². The Bertz CT molecular complexity index is 618. The first-order valence-electron chi connectivity index (χ1n) is 5.67. The summed E-state index contributed by atoms with van der Waals surface area (Å²) in [6.07, 6.45) is 1.31. The van der Waals surface area contributed by atoms with Crippen LogP contribution in [0.1, 0.15) is 6.92 Å². The monoisotopic (exact) mass is 360 g/mol. The molecule has 0 aliphatic rings. The number of hydrogen-bond acceptors (Lipinski definition) is 5. The van der Waals surface area contributed by atoms with E-state index in [1.807, 2.05) is 6.92 Å². The van der Waals surface area contributed by atoms with Gasteiger partial charge in [-0.25, -0.2) is 9.37 Å². The van der Waals surface area contributed by atoms with Crippen molar-refractivity contribution in [1.82, 2.24) is 9.97 Å². The van der Waals surface area contributed by atoms with Crippen molar-refractivity contribution >= 4 is 44.7 Å². The van der Waals surface area contributed by atoms with Crippen LogP contribution in [0.3, 0.4) is 0 Å². The van der Waals surface area contributed by atoms with Crippen LogP contribution in [0.4, 0.5) is 21.6 Å². The minimum atomic E-state index is -0.446.